The van der Waals surface area contributed by atoms with Crippen LogP contribution in [0.3, 0.4) is 0 Å². The number of allylic oxidation sites excluding steroid dienone is 2. The molecule has 1 aromatic rings. The molecule has 160 valence electrons. The maximum absolute atomic E-state index is 6.36. The molecule has 2 fully saturated rings. The van der Waals surface area contributed by atoms with Gasteiger partial charge in [0.1, 0.15) is 11.7 Å². The third kappa shape index (κ3) is 3.77. The third-order valence-electron chi connectivity index (χ3n) is 6.93. The summed E-state index contributed by atoms with van der Waals surface area (Å²) >= 11 is 6.36. The number of aliphatic imine (C=N–C) groups is 1. The molecule has 4 aliphatic heterocycles. The van der Waals surface area contributed by atoms with Gasteiger partial charge in [0, 0.05) is 50.0 Å². The number of piperidine rings is 1. The molecule has 0 bridgehead atoms. The number of hydrogen-bond donors (Lipinski definition) is 1. The van der Waals surface area contributed by atoms with Crippen molar-refractivity contribution in [2.24, 2.45) is 4.99 Å². The van der Waals surface area contributed by atoms with E-state index in [0.29, 0.717) is 6.04 Å². The van der Waals surface area contributed by atoms with E-state index < -0.39 is 0 Å². The van der Waals surface area contributed by atoms with E-state index in [1.807, 2.05) is 12.3 Å². The minimum absolute atomic E-state index is 0.253. The Kier molecular flexibility index (Phi) is 5.56. The molecule has 5 heterocycles. The van der Waals surface area contributed by atoms with Crippen molar-refractivity contribution >= 4 is 17.4 Å². The lowest BCUT2D eigenvalue weighted by Gasteiger charge is -2.40. The summed E-state index contributed by atoms with van der Waals surface area (Å²) in [6.45, 7) is 7.40. The van der Waals surface area contributed by atoms with Crippen LogP contribution in [-0.4, -0.2) is 77.4 Å². The van der Waals surface area contributed by atoms with Crippen molar-refractivity contribution in [3.63, 3.8) is 0 Å². The number of hydrogen-bond acceptors (Lipinski definition) is 6. The molecular weight excluding hydrogens is 396 g/mol. The summed E-state index contributed by atoms with van der Waals surface area (Å²) in [4.78, 5) is 17.1. The van der Waals surface area contributed by atoms with E-state index in [4.69, 9.17) is 16.6 Å². The second-order valence-electron chi connectivity index (χ2n) is 8.90. The van der Waals surface area contributed by atoms with Crippen LogP contribution in [0.2, 0.25) is 5.02 Å². The molecule has 4 aliphatic rings. The monoisotopic (exact) mass is 426 g/mol. The highest BCUT2D eigenvalue weighted by Crippen LogP contribution is 2.33. The van der Waals surface area contributed by atoms with Crippen molar-refractivity contribution in [1.82, 2.24) is 25.0 Å². The zero-order valence-corrected chi connectivity index (χ0v) is 18.6. The highest BCUT2D eigenvalue weighted by molar-refractivity contribution is 6.31. The van der Waals surface area contributed by atoms with Crippen LogP contribution in [0, 0.1) is 6.92 Å². The molecule has 5 rings (SSSR count). The average molecular weight is 427 g/mol. The highest BCUT2D eigenvalue weighted by Gasteiger charge is 2.37. The number of fused-ring (bicyclic) bond motifs is 1. The van der Waals surface area contributed by atoms with E-state index in [-0.39, 0.29) is 12.1 Å². The molecule has 0 aliphatic carbocycles. The Labute approximate surface area is 184 Å². The van der Waals surface area contributed by atoms with Crippen molar-refractivity contribution in [3.8, 4) is 0 Å². The predicted octanol–water partition coefficient (Wildman–Crippen LogP) is 2.97. The first kappa shape index (κ1) is 20.0. The van der Waals surface area contributed by atoms with E-state index in [1.165, 1.54) is 12.2 Å². The van der Waals surface area contributed by atoms with E-state index in [9.17, 15) is 0 Å². The van der Waals surface area contributed by atoms with Crippen LogP contribution >= 0.6 is 11.6 Å². The Morgan fingerprint density at radius 1 is 1.17 bits per heavy atom. The zero-order chi connectivity index (χ0) is 20.7. The summed E-state index contributed by atoms with van der Waals surface area (Å²) in [5, 5.41) is 4.67. The van der Waals surface area contributed by atoms with Crippen molar-refractivity contribution in [2.45, 2.75) is 44.3 Å². The molecule has 30 heavy (non-hydrogen) atoms. The van der Waals surface area contributed by atoms with Crippen LogP contribution in [0.4, 0.5) is 0 Å². The molecule has 1 unspecified atom stereocenters. The number of nitrogens with zero attached hydrogens (tertiary/aromatic N) is 5. The van der Waals surface area contributed by atoms with Gasteiger partial charge in [-0.2, -0.15) is 0 Å². The largest absolute Gasteiger partial charge is 0.355 e. The second-order valence-corrected chi connectivity index (χ2v) is 9.31. The van der Waals surface area contributed by atoms with Crippen LogP contribution in [-0.2, 0) is 0 Å². The molecule has 1 N–H and O–H groups in total. The first-order valence-electron chi connectivity index (χ1n) is 11.1. The fourth-order valence-corrected chi connectivity index (χ4v) is 5.26. The lowest BCUT2D eigenvalue weighted by Crippen LogP contribution is -2.50. The second kappa shape index (κ2) is 8.33. The Balaban J connectivity index is 1.30. The molecule has 0 saturated carbocycles. The summed E-state index contributed by atoms with van der Waals surface area (Å²) in [6.07, 6.45) is 11.8. The fraction of sp³-hybridized carbons (Fsp3) is 0.565. The molecular formula is C23H31ClN6. The van der Waals surface area contributed by atoms with Gasteiger partial charge < -0.3 is 20.0 Å². The molecule has 6 nitrogen and oxygen atoms in total. The molecule has 0 radical (unpaired) electrons. The van der Waals surface area contributed by atoms with E-state index >= 15 is 0 Å². The third-order valence-corrected chi connectivity index (χ3v) is 7.34. The minimum Gasteiger partial charge on any atom is -0.355 e. The van der Waals surface area contributed by atoms with Crippen molar-refractivity contribution < 1.29 is 0 Å². The van der Waals surface area contributed by atoms with Crippen molar-refractivity contribution in [1.29, 1.82) is 0 Å². The van der Waals surface area contributed by atoms with Crippen LogP contribution < -0.4 is 5.32 Å². The van der Waals surface area contributed by atoms with Crippen LogP contribution in [0.1, 0.15) is 36.6 Å². The topological polar surface area (TPSA) is 47.0 Å². The maximum atomic E-state index is 6.36. The van der Waals surface area contributed by atoms with Crippen LogP contribution in [0.5, 0.6) is 0 Å². The molecule has 1 aromatic heterocycles. The molecule has 2 saturated heterocycles. The molecule has 0 amide bonds. The first-order valence-corrected chi connectivity index (χ1v) is 11.5. The fourth-order valence-electron chi connectivity index (χ4n) is 5.11. The first-order chi connectivity index (χ1) is 14.6. The summed E-state index contributed by atoms with van der Waals surface area (Å²) in [6, 6.07) is 2.76. The van der Waals surface area contributed by atoms with Crippen LogP contribution in [0.25, 0.3) is 0 Å². The Morgan fingerprint density at radius 3 is 2.83 bits per heavy atom. The Morgan fingerprint density at radius 2 is 2.00 bits per heavy atom. The molecule has 7 heteroatoms. The number of piperazine rings is 1. The summed E-state index contributed by atoms with van der Waals surface area (Å²) < 4.78 is 0. The number of pyridine rings is 1. The molecule has 3 atom stereocenters. The summed E-state index contributed by atoms with van der Waals surface area (Å²) in [5.41, 5.74) is 2.18. The number of nitrogens with one attached hydrogen (secondary N) is 1. The maximum Gasteiger partial charge on any atom is 0.129 e. The van der Waals surface area contributed by atoms with Gasteiger partial charge in [0.25, 0.3) is 0 Å². The lowest BCUT2D eigenvalue weighted by molar-refractivity contribution is 0.158. The minimum atomic E-state index is 0.253. The van der Waals surface area contributed by atoms with Gasteiger partial charge >= 0.3 is 0 Å². The molecule has 0 aromatic carbocycles. The van der Waals surface area contributed by atoms with Gasteiger partial charge in [-0.3, -0.25) is 9.98 Å². The predicted molar refractivity (Wildman–Crippen MR) is 122 cm³/mol. The number of halogens is 1. The summed E-state index contributed by atoms with van der Waals surface area (Å²) in [5.74, 6) is 2.42. The number of amidine groups is 1. The van der Waals surface area contributed by atoms with Crippen LogP contribution in [0.15, 0.2) is 41.3 Å². The van der Waals surface area contributed by atoms with Crippen molar-refractivity contribution in [3.05, 3.63) is 52.6 Å². The average Bonchev–Trinajstić information content (AvgIpc) is 3.21. The Hall–Kier alpha value is -1.89. The van der Waals surface area contributed by atoms with Gasteiger partial charge in [-0.05, 0) is 57.0 Å². The van der Waals surface area contributed by atoms with E-state index in [0.717, 1.165) is 67.7 Å². The highest BCUT2D eigenvalue weighted by atomic mass is 35.5. The molecule has 0 spiro atoms. The van der Waals surface area contributed by atoms with Crippen molar-refractivity contribution in [2.75, 3.05) is 39.8 Å². The van der Waals surface area contributed by atoms with Gasteiger partial charge in [0.05, 0.1) is 17.8 Å². The SMILES string of the molecule is Cc1c(Cl)ccnc1[C@@H]1CCC[C@H](C2CN3C(N4CCN(C)CC4)=CC=CC3=N2)N1. The lowest BCUT2D eigenvalue weighted by atomic mass is 9.91. The smallest absolute Gasteiger partial charge is 0.129 e. The quantitative estimate of drug-likeness (QED) is 0.805. The van der Waals surface area contributed by atoms with Gasteiger partial charge in [-0.1, -0.05) is 17.7 Å². The van der Waals surface area contributed by atoms with E-state index in [1.54, 1.807) is 0 Å². The normalized spacial score (nSPS) is 29.6. The standard InChI is InChI=1S/C23H31ClN6/c1-16-17(24)9-10-25-23(16)19-6-3-5-18(26-19)20-15-30-21(27-20)7-4-8-22(30)29-13-11-28(2)12-14-29/h4,7-10,18-20,26H,3,5-6,11-15H2,1-2H3/t18-,19+,20?/m1/s1. The summed E-state index contributed by atoms with van der Waals surface area (Å²) in [7, 11) is 2.20. The number of rotatable bonds is 3. The zero-order valence-electron chi connectivity index (χ0n) is 17.9. The van der Waals surface area contributed by atoms with Gasteiger partial charge in [-0.25, -0.2) is 0 Å². The van der Waals surface area contributed by atoms with E-state index in [2.05, 4.69) is 57.2 Å². The van der Waals surface area contributed by atoms with Gasteiger partial charge in [0.2, 0.25) is 0 Å². The Bertz CT molecular complexity index is 886. The van der Waals surface area contributed by atoms with Gasteiger partial charge in [0.15, 0.2) is 0 Å². The van der Waals surface area contributed by atoms with Gasteiger partial charge in [-0.15, -0.1) is 0 Å². The number of aromatic nitrogens is 1. The number of likely N-dealkylation sites (N-methyl/N-ethyl adjacent to an activating group) is 1.